The molecule has 0 spiro atoms. The summed E-state index contributed by atoms with van der Waals surface area (Å²) in [7, 11) is 1.40. The van der Waals surface area contributed by atoms with Crippen molar-refractivity contribution in [1.82, 2.24) is 15.0 Å². The second-order valence-corrected chi connectivity index (χ2v) is 7.27. The van der Waals surface area contributed by atoms with Crippen LogP contribution in [-0.4, -0.2) is 41.1 Å². The van der Waals surface area contributed by atoms with Gasteiger partial charge in [0.1, 0.15) is 0 Å². The lowest BCUT2D eigenvalue weighted by Gasteiger charge is -2.30. The molecule has 1 fully saturated rings. The summed E-state index contributed by atoms with van der Waals surface area (Å²) in [6, 6.07) is 14.1. The van der Waals surface area contributed by atoms with Gasteiger partial charge in [-0.25, -0.2) is 4.39 Å². The Labute approximate surface area is 173 Å². The number of anilines is 1. The Morgan fingerprint density at radius 3 is 2.70 bits per heavy atom. The van der Waals surface area contributed by atoms with Crippen molar-refractivity contribution in [2.45, 2.75) is 19.4 Å². The number of likely N-dealkylation sites (tertiary alicyclic amines) is 1. The molecule has 4 rings (SSSR count). The third-order valence-corrected chi connectivity index (χ3v) is 5.24. The van der Waals surface area contributed by atoms with Gasteiger partial charge in [-0.1, -0.05) is 35.5 Å². The summed E-state index contributed by atoms with van der Waals surface area (Å²) in [4.78, 5) is 19.2. The maximum atomic E-state index is 13.8. The molecule has 1 aromatic heterocycles. The SMILES string of the molecule is COc1ccc(NC(=O)C2CCN(Cc3nc(-c4ccccc4)no3)CC2)cc1F. The number of nitrogens with zero attached hydrogens (tertiary/aromatic N) is 3. The molecule has 0 unspecified atom stereocenters. The maximum absolute atomic E-state index is 13.8. The van der Waals surface area contributed by atoms with E-state index in [9.17, 15) is 9.18 Å². The lowest BCUT2D eigenvalue weighted by atomic mass is 9.96. The number of carbonyl (C=O) groups excluding carboxylic acids is 1. The number of amides is 1. The lowest BCUT2D eigenvalue weighted by molar-refractivity contribution is -0.121. The molecule has 0 aliphatic carbocycles. The van der Waals surface area contributed by atoms with Crippen LogP contribution in [0, 0.1) is 11.7 Å². The highest BCUT2D eigenvalue weighted by Gasteiger charge is 2.26. The van der Waals surface area contributed by atoms with Gasteiger partial charge in [0.25, 0.3) is 0 Å². The van der Waals surface area contributed by atoms with Gasteiger partial charge in [0, 0.05) is 23.2 Å². The number of rotatable bonds is 6. The molecule has 0 radical (unpaired) electrons. The topological polar surface area (TPSA) is 80.5 Å². The zero-order valence-electron chi connectivity index (χ0n) is 16.7. The predicted molar refractivity (Wildman–Crippen MR) is 109 cm³/mol. The number of hydrogen-bond acceptors (Lipinski definition) is 6. The molecule has 0 atom stereocenters. The molecule has 3 aromatic rings. The molecule has 1 saturated heterocycles. The first-order chi connectivity index (χ1) is 14.6. The fourth-order valence-corrected chi connectivity index (χ4v) is 3.56. The van der Waals surface area contributed by atoms with Crippen LogP contribution in [-0.2, 0) is 11.3 Å². The van der Waals surface area contributed by atoms with Gasteiger partial charge < -0.3 is 14.6 Å². The highest BCUT2D eigenvalue weighted by molar-refractivity contribution is 5.92. The van der Waals surface area contributed by atoms with Crippen molar-refractivity contribution in [3.05, 3.63) is 60.2 Å². The summed E-state index contributed by atoms with van der Waals surface area (Å²) >= 11 is 0. The van der Waals surface area contributed by atoms with Crippen LogP contribution in [0.5, 0.6) is 5.75 Å². The van der Waals surface area contributed by atoms with Gasteiger partial charge in [-0.2, -0.15) is 4.98 Å². The van der Waals surface area contributed by atoms with E-state index >= 15 is 0 Å². The van der Waals surface area contributed by atoms with Gasteiger partial charge in [0.2, 0.25) is 17.6 Å². The molecule has 1 amide bonds. The minimum Gasteiger partial charge on any atom is -0.494 e. The van der Waals surface area contributed by atoms with Crippen LogP contribution in [0.4, 0.5) is 10.1 Å². The first-order valence-corrected chi connectivity index (χ1v) is 9.87. The number of methoxy groups -OCH3 is 1. The molecule has 30 heavy (non-hydrogen) atoms. The van der Waals surface area contributed by atoms with Gasteiger partial charge in [0.15, 0.2) is 11.6 Å². The fraction of sp³-hybridized carbons (Fsp3) is 0.318. The average molecular weight is 410 g/mol. The van der Waals surface area contributed by atoms with E-state index in [-0.39, 0.29) is 17.6 Å². The van der Waals surface area contributed by atoms with E-state index in [4.69, 9.17) is 9.26 Å². The van der Waals surface area contributed by atoms with Crippen LogP contribution < -0.4 is 10.1 Å². The molecular weight excluding hydrogens is 387 g/mol. The highest BCUT2D eigenvalue weighted by atomic mass is 19.1. The van der Waals surface area contributed by atoms with Crippen LogP contribution in [0.15, 0.2) is 53.1 Å². The third kappa shape index (κ3) is 4.65. The van der Waals surface area contributed by atoms with Crippen LogP contribution in [0.2, 0.25) is 0 Å². The second kappa shape index (κ2) is 9.04. The third-order valence-electron chi connectivity index (χ3n) is 5.24. The minimum absolute atomic E-state index is 0.0941. The number of halogens is 1. The first kappa shape index (κ1) is 20.0. The number of benzene rings is 2. The smallest absolute Gasteiger partial charge is 0.241 e. The number of nitrogens with one attached hydrogen (secondary N) is 1. The van der Waals surface area contributed by atoms with Crippen molar-refractivity contribution in [1.29, 1.82) is 0 Å². The standard InChI is InChI=1S/C22H23FN4O3/c1-29-19-8-7-17(13-18(19)23)24-22(28)16-9-11-27(12-10-16)14-20-25-21(26-30-20)15-5-3-2-4-6-15/h2-8,13,16H,9-12,14H2,1H3,(H,24,28). The van der Waals surface area contributed by atoms with E-state index in [1.807, 2.05) is 30.3 Å². The molecule has 7 nitrogen and oxygen atoms in total. The largest absolute Gasteiger partial charge is 0.494 e. The molecule has 1 aliphatic heterocycles. The van der Waals surface area contributed by atoms with Crippen molar-refractivity contribution in [3.63, 3.8) is 0 Å². The Bertz CT molecular complexity index is 1000. The van der Waals surface area contributed by atoms with Crippen molar-refractivity contribution in [2.75, 3.05) is 25.5 Å². The van der Waals surface area contributed by atoms with Crippen LogP contribution >= 0.6 is 0 Å². The van der Waals surface area contributed by atoms with Crippen molar-refractivity contribution >= 4 is 11.6 Å². The minimum atomic E-state index is -0.500. The van der Waals surface area contributed by atoms with E-state index in [0.717, 1.165) is 18.7 Å². The summed E-state index contributed by atoms with van der Waals surface area (Å²) in [5, 5.41) is 6.84. The van der Waals surface area contributed by atoms with E-state index in [2.05, 4.69) is 20.4 Å². The molecule has 1 N–H and O–H groups in total. The quantitative estimate of drug-likeness (QED) is 0.667. The lowest BCUT2D eigenvalue weighted by Crippen LogP contribution is -2.37. The van der Waals surface area contributed by atoms with Gasteiger partial charge in [0.05, 0.1) is 13.7 Å². The molecule has 0 bridgehead atoms. The van der Waals surface area contributed by atoms with Crippen LogP contribution in [0.25, 0.3) is 11.4 Å². The summed E-state index contributed by atoms with van der Waals surface area (Å²) < 4.78 is 24.1. The second-order valence-electron chi connectivity index (χ2n) is 7.27. The summed E-state index contributed by atoms with van der Waals surface area (Å²) in [6.07, 6.45) is 1.42. The molecular formula is C22H23FN4O3. The van der Waals surface area contributed by atoms with E-state index in [0.29, 0.717) is 36.8 Å². The normalized spacial score (nSPS) is 15.1. The Kier molecular flexibility index (Phi) is 6.04. The molecule has 2 aromatic carbocycles. The monoisotopic (exact) mass is 410 g/mol. The van der Waals surface area contributed by atoms with Gasteiger partial charge >= 0.3 is 0 Å². The Morgan fingerprint density at radius 1 is 1.23 bits per heavy atom. The zero-order chi connectivity index (χ0) is 20.9. The number of piperidine rings is 1. The van der Waals surface area contributed by atoms with Crippen molar-refractivity contribution in [3.8, 4) is 17.1 Å². The van der Waals surface area contributed by atoms with Gasteiger partial charge in [-0.05, 0) is 38.1 Å². The van der Waals surface area contributed by atoms with E-state index in [1.165, 1.54) is 19.2 Å². The van der Waals surface area contributed by atoms with Crippen LogP contribution in [0.3, 0.4) is 0 Å². The molecule has 156 valence electrons. The number of ether oxygens (including phenoxy) is 1. The maximum Gasteiger partial charge on any atom is 0.241 e. The highest BCUT2D eigenvalue weighted by Crippen LogP contribution is 2.24. The Hall–Kier alpha value is -3.26. The molecule has 8 heteroatoms. The Balaban J connectivity index is 1.28. The number of hydrogen-bond donors (Lipinski definition) is 1. The summed E-state index contributed by atoms with van der Waals surface area (Å²) in [5.41, 5.74) is 1.35. The van der Waals surface area contributed by atoms with Crippen molar-refractivity contribution in [2.24, 2.45) is 5.92 Å². The Morgan fingerprint density at radius 2 is 2.00 bits per heavy atom. The number of carbonyl (C=O) groups is 1. The zero-order valence-corrected chi connectivity index (χ0v) is 16.7. The molecule has 0 saturated carbocycles. The summed E-state index contributed by atoms with van der Waals surface area (Å²) in [6.45, 7) is 2.05. The van der Waals surface area contributed by atoms with Crippen LogP contribution in [0.1, 0.15) is 18.7 Å². The van der Waals surface area contributed by atoms with Crippen molar-refractivity contribution < 1.29 is 18.4 Å². The summed E-state index contributed by atoms with van der Waals surface area (Å²) in [5.74, 6) is 0.576. The first-order valence-electron chi connectivity index (χ1n) is 9.87. The average Bonchev–Trinajstić information content (AvgIpc) is 3.23. The van der Waals surface area contributed by atoms with E-state index in [1.54, 1.807) is 6.07 Å². The predicted octanol–water partition coefficient (Wildman–Crippen LogP) is 3.74. The van der Waals surface area contributed by atoms with Gasteiger partial charge in [-0.3, -0.25) is 9.69 Å². The van der Waals surface area contributed by atoms with E-state index < -0.39 is 5.82 Å². The molecule has 2 heterocycles. The molecule has 1 aliphatic rings. The fourth-order valence-electron chi connectivity index (χ4n) is 3.56. The van der Waals surface area contributed by atoms with Gasteiger partial charge in [-0.15, -0.1) is 0 Å². The number of aromatic nitrogens is 2.